The van der Waals surface area contributed by atoms with Crippen LogP contribution in [0.5, 0.6) is 0 Å². The van der Waals surface area contributed by atoms with Crippen LogP contribution in [0.3, 0.4) is 0 Å². The van der Waals surface area contributed by atoms with E-state index < -0.39 is 30.1 Å². The summed E-state index contributed by atoms with van der Waals surface area (Å²) in [6.07, 6.45) is 2.05. The van der Waals surface area contributed by atoms with Gasteiger partial charge in [-0.2, -0.15) is 0 Å². The lowest BCUT2D eigenvalue weighted by Gasteiger charge is -2.27. The summed E-state index contributed by atoms with van der Waals surface area (Å²) >= 11 is 0. The van der Waals surface area contributed by atoms with Crippen LogP contribution in [0.4, 0.5) is 4.79 Å². The lowest BCUT2D eigenvalue weighted by Crippen LogP contribution is -2.53. The standard InChI is InChI=1S/C28H34N2O5/c1-28(2,3)15-24(25(31)29-23(26(32)33)14-17-12-13-17)30-27(34)35-16-22-20-10-6-4-8-18(20)19-9-5-7-11-21(19)22/h4-11,17,22-24H,12-16H2,1-3H3,(H,29,31)(H,30,34)(H,32,33)/t23-,24?/m0/s1. The van der Waals surface area contributed by atoms with Gasteiger partial charge in [0, 0.05) is 5.92 Å². The highest BCUT2D eigenvalue weighted by atomic mass is 16.5. The van der Waals surface area contributed by atoms with E-state index in [1.54, 1.807) is 0 Å². The summed E-state index contributed by atoms with van der Waals surface area (Å²) in [4.78, 5) is 37.5. The molecule has 2 aliphatic carbocycles. The van der Waals surface area contributed by atoms with E-state index in [0.717, 1.165) is 35.1 Å². The molecule has 0 heterocycles. The van der Waals surface area contributed by atoms with Crippen molar-refractivity contribution in [3.8, 4) is 11.1 Å². The molecule has 2 atom stereocenters. The van der Waals surface area contributed by atoms with Crippen molar-refractivity contribution in [2.24, 2.45) is 11.3 Å². The summed E-state index contributed by atoms with van der Waals surface area (Å²) in [5.74, 6) is -1.30. The third-order valence-corrected chi connectivity index (χ3v) is 6.65. The number of carboxylic acids is 1. The van der Waals surface area contributed by atoms with Gasteiger partial charge in [0.05, 0.1) is 0 Å². The van der Waals surface area contributed by atoms with Gasteiger partial charge in [0.15, 0.2) is 0 Å². The molecule has 1 saturated carbocycles. The minimum atomic E-state index is -1.05. The number of amides is 2. The van der Waals surface area contributed by atoms with E-state index in [0.29, 0.717) is 18.8 Å². The summed E-state index contributed by atoms with van der Waals surface area (Å²) in [6.45, 7) is 6.03. The highest BCUT2D eigenvalue weighted by Crippen LogP contribution is 2.44. The number of rotatable bonds is 9. The summed E-state index contributed by atoms with van der Waals surface area (Å²) in [5, 5.41) is 14.9. The van der Waals surface area contributed by atoms with E-state index >= 15 is 0 Å². The molecule has 2 aliphatic rings. The third-order valence-electron chi connectivity index (χ3n) is 6.65. The number of carbonyl (C=O) groups excluding carboxylic acids is 2. The first-order chi connectivity index (χ1) is 16.6. The number of hydrogen-bond acceptors (Lipinski definition) is 4. The molecule has 1 unspecified atom stereocenters. The smallest absolute Gasteiger partial charge is 0.407 e. The maximum atomic E-state index is 13.0. The Kier molecular flexibility index (Phi) is 7.15. The number of aliphatic carboxylic acids is 1. The average Bonchev–Trinajstić information content (AvgIpc) is 3.56. The highest BCUT2D eigenvalue weighted by Gasteiger charge is 2.34. The fraction of sp³-hybridized carbons (Fsp3) is 0.464. The predicted molar refractivity (Wildman–Crippen MR) is 133 cm³/mol. The van der Waals surface area contributed by atoms with Gasteiger partial charge in [-0.1, -0.05) is 82.1 Å². The molecule has 2 aromatic carbocycles. The number of ether oxygens (including phenoxy) is 1. The van der Waals surface area contributed by atoms with Gasteiger partial charge in [-0.05, 0) is 46.4 Å². The number of fused-ring (bicyclic) bond motifs is 3. The maximum absolute atomic E-state index is 13.0. The molecule has 4 rings (SSSR count). The van der Waals surface area contributed by atoms with Crippen molar-refractivity contribution in [2.45, 2.75) is 64.5 Å². The molecule has 2 amide bonds. The molecule has 3 N–H and O–H groups in total. The summed E-state index contributed by atoms with van der Waals surface area (Å²) in [6, 6.07) is 14.3. The van der Waals surface area contributed by atoms with Gasteiger partial charge in [0.1, 0.15) is 18.7 Å². The van der Waals surface area contributed by atoms with Crippen LogP contribution < -0.4 is 10.6 Å². The number of benzene rings is 2. The summed E-state index contributed by atoms with van der Waals surface area (Å²) in [5.41, 5.74) is 4.22. The van der Waals surface area contributed by atoms with E-state index in [9.17, 15) is 19.5 Å². The molecule has 1 fully saturated rings. The Balaban J connectivity index is 1.42. The van der Waals surface area contributed by atoms with Crippen molar-refractivity contribution in [3.05, 3.63) is 59.7 Å². The van der Waals surface area contributed by atoms with Crippen molar-refractivity contribution < 1.29 is 24.2 Å². The first-order valence-electron chi connectivity index (χ1n) is 12.3. The van der Waals surface area contributed by atoms with Crippen LogP contribution in [0.15, 0.2) is 48.5 Å². The van der Waals surface area contributed by atoms with Crippen LogP contribution in [0.25, 0.3) is 11.1 Å². The average molecular weight is 479 g/mol. The number of alkyl carbamates (subject to hydrolysis) is 1. The topological polar surface area (TPSA) is 105 Å². The quantitative estimate of drug-likeness (QED) is 0.485. The lowest BCUT2D eigenvalue weighted by atomic mass is 9.87. The lowest BCUT2D eigenvalue weighted by molar-refractivity contribution is -0.142. The molecule has 0 aromatic heterocycles. The SMILES string of the molecule is CC(C)(C)CC(NC(=O)OCC1c2ccccc2-c2ccccc21)C(=O)N[C@@H](CC1CC1)C(=O)O. The molecular weight excluding hydrogens is 444 g/mol. The fourth-order valence-electron chi connectivity index (χ4n) is 4.78. The Hall–Kier alpha value is -3.35. The van der Waals surface area contributed by atoms with Crippen LogP contribution in [-0.4, -0.2) is 41.8 Å². The van der Waals surface area contributed by atoms with Gasteiger partial charge in [-0.15, -0.1) is 0 Å². The van der Waals surface area contributed by atoms with Crippen LogP contribution in [0, 0.1) is 11.3 Å². The van der Waals surface area contributed by atoms with E-state index in [4.69, 9.17) is 4.74 Å². The first-order valence-corrected chi connectivity index (χ1v) is 12.3. The molecule has 0 bridgehead atoms. The van der Waals surface area contributed by atoms with Gasteiger partial charge in [-0.25, -0.2) is 9.59 Å². The number of carbonyl (C=O) groups is 3. The van der Waals surface area contributed by atoms with Crippen LogP contribution in [0.1, 0.15) is 63.5 Å². The molecule has 35 heavy (non-hydrogen) atoms. The monoisotopic (exact) mass is 478 g/mol. The van der Waals surface area contributed by atoms with Gasteiger partial charge in [0.25, 0.3) is 0 Å². The van der Waals surface area contributed by atoms with Crippen LogP contribution >= 0.6 is 0 Å². The van der Waals surface area contributed by atoms with E-state index in [1.165, 1.54) is 0 Å². The largest absolute Gasteiger partial charge is 0.480 e. The highest BCUT2D eigenvalue weighted by molar-refractivity contribution is 5.89. The van der Waals surface area contributed by atoms with Gasteiger partial charge in [0.2, 0.25) is 5.91 Å². The molecular formula is C28H34N2O5. The molecule has 0 radical (unpaired) electrons. The minimum Gasteiger partial charge on any atom is -0.480 e. The Morgan fingerprint density at radius 2 is 1.51 bits per heavy atom. The van der Waals surface area contributed by atoms with E-state index in [-0.39, 0.29) is 17.9 Å². The molecule has 7 heteroatoms. The van der Waals surface area contributed by atoms with Gasteiger partial charge in [-0.3, -0.25) is 4.79 Å². The number of nitrogens with one attached hydrogen (secondary N) is 2. The summed E-state index contributed by atoms with van der Waals surface area (Å²) in [7, 11) is 0. The van der Waals surface area contributed by atoms with E-state index in [1.807, 2.05) is 57.2 Å². The molecule has 0 aliphatic heterocycles. The Labute approximate surface area is 206 Å². The van der Waals surface area contributed by atoms with Crippen molar-refractivity contribution in [1.29, 1.82) is 0 Å². The Morgan fingerprint density at radius 3 is 2.03 bits per heavy atom. The second-order valence-corrected chi connectivity index (χ2v) is 10.9. The molecule has 0 saturated heterocycles. The van der Waals surface area contributed by atoms with Crippen LogP contribution in [-0.2, 0) is 14.3 Å². The maximum Gasteiger partial charge on any atom is 0.407 e. The summed E-state index contributed by atoms with van der Waals surface area (Å²) < 4.78 is 5.62. The Morgan fingerprint density at radius 1 is 0.943 bits per heavy atom. The van der Waals surface area contributed by atoms with Crippen molar-refractivity contribution in [1.82, 2.24) is 10.6 Å². The number of carboxylic acid groups (broad SMARTS) is 1. The van der Waals surface area contributed by atoms with Crippen LogP contribution in [0.2, 0.25) is 0 Å². The fourth-order valence-corrected chi connectivity index (χ4v) is 4.78. The minimum absolute atomic E-state index is 0.0852. The first kappa shape index (κ1) is 24.8. The van der Waals surface area contributed by atoms with E-state index in [2.05, 4.69) is 22.8 Å². The molecule has 7 nitrogen and oxygen atoms in total. The van der Waals surface area contributed by atoms with Gasteiger partial charge < -0.3 is 20.5 Å². The van der Waals surface area contributed by atoms with Gasteiger partial charge >= 0.3 is 12.1 Å². The zero-order chi connectivity index (χ0) is 25.2. The zero-order valence-corrected chi connectivity index (χ0v) is 20.5. The second kappa shape index (κ2) is 10.1. The van der Waals surface area contributed by atoms with Crippen molar-refractivity contribution in [2.75, 3.05) is 6.61 Å². The molecule has 2 aromatic rings. The predicted octanol–water partition coefficient (Wildman–Crippen LogP) is 4.70. The molecule has 0 spiro atoms. The van der Waals surface area contributed by atoms with Crippen molar-refractivity contribution in [3.63, 3.8) is 0 Å². The zero-order valence-electron chi connectivity index (χ0n) is 20.5. The second-order valence-electron chi connectivity index (χ2n) is 10.9. The van der Waals surface area contributed by atoms with Crippen molar-refractivity contribution >= 4 is 18.0 Å². The third kappa shape index (κ3) is 6.21. The Bertz CT molecular complexity index is 1060. The normalized spacial score (nSPS) is 16.5. The number of hydrogen-bond donors (Lipinski definition) is 3. The molecule has 186 valence electrons.